The highest BCUT2D eigenvalue weighted by molar-refractivity contribution is 5.40. The third kappa shape index (κ3) is 2.75. The molecule has 6 heteroatoms. The highest BCUT2D eigenvalue weighted by Gasteiger charge is 2.24. The second kappa shape index (κ2) is 5.56. The van der Waals surface area contributed by atoms with Gasteiger partial charge in [-0.25, -0.2) is 8.78 Å². The summed E-state index contributed by atoms with van der Waals surface area (Å²) in [5.41, 5.74) is 0. The Bertz CT molecular complexity index is 426. The van der Waals surface area contributed by atoms with Gasteiger partial charge in [-0.3, -0.25) is 0 Å². The van der Waals surface area contributed by atoms with Crippen LogP contribution >= 0.6 is 0 Å². The highest BCUT2D eigenvalue weighted by atomic mass is 19.2. The molecule has 1 aromatic rings. The Hall–Kier alpha value is -1.30. The molecule has 2 heterocycles. The summed E-state index contributed by atoms with van der Waals surface area (Å²) in [6, 6.07) is 0.539. The van der Waals surface area contributed by atoms with E-state index in [-0.39, 0.29) is 11.7 Å². The summed E-state index contributed by atoms with van der Waals surface area (Å²) in [5, 5.41) is 0. The Kier molecular flexibility index (Phi) is 4.06. The second-order valence-electron chi connectivity index (χ2n) is 4.48. The molecule has 1 aliphatic heterocycles. The first-order chi connectivity index (χ1) is 8.61. The van der Waals surface area contributed by atoms with Gasteiger partial charge in [0.2, 0.25) is 0 Å². The van der Waals surface area contributed by atoms with Crippen LogP contribution in [0.3, 0.4) is 0 Å². The third-order valence-corrected chi connectivity index (χ3v) is 3.09. The molecule has 3 nitrogen and oxygen atoms in total. The fourth-order valence-corrected chi connectivity index (χ4v) is 2.29. The van der Waals surface area contributed by atoms with Crippen LogP contribution in [0.15, 0.2) is 6.07 Å². The molecular weight excluding hydrogens is 245 g/mol. The summed E-state index contributed by atoms with van der Waals surface area (Å²) in [7, 11) is 1.61. The molecule has 18 heavy (non-hydrogen) atoms. The lowest BCUT2D eigenvalue weighted by atomic mass is 9.99. The Morgan fingerprint density at radius 3 is 2.89 bits per heavy atom. The van der Waals surface area contributed by atoms with Crippen molar-refractivity contribution in [3.8, 4) is 0 Å². The van der Waals surface area contributed by atoms with Crippen molar-refractivity contribution >= 4 is 5.82 Å². The lowest BCUT2D eigenvalue weighted by Crippen LogP contribution is -2.38. The zero-order valence-corrected chi connectivity index (χ0v) is 10.1. The highest BCUT2D eigenvalue weighted by Crippen LogP contribution is 2.25. The van der Waals surface area contributed by atoms with Gasteiger partial charge in [0.05, 0.1) is 6.61 Å². The van der Waals surface area contributed by atoms with Crippen LogP contribution in [-0.2, 0) is 4.74 Å². The van der Waals surface area contributed by atoms with Gasteiger partial charge in [-0.05, 0) is 18.8 Å². The minimum absolute atomic E-state index is 0.116. The largest absolute Gasteiger partial charge is 0.384 e. The fraction of sp³-hybridized carbons (Fsp3) is 0.583. The molecule has 1 fully saturated rings. The van der Waals surface area contributed by atoms with Crippen molar-refractivity contribution in [1.82, 2.24) is 4.98 Å². The van der Waals surface area contributed by atoms with Crippen molar-refractivity contribution < 1.29 is 17.9 Å². The molecule has 0 N–H and O–H groups in total. The lowest BCUT2D eigenvalue weighted by molar-refractivity contribution is 0.143. The van der Waals surface area contributed by atoms with Crippen molar-refractivity contribution in [3.05, 3.63) is 23.6 Å². The summed E-state index contributed by atoms with van der Waals surface area (Å²) in [6.07, 6.45) is 1.84. The van der Waals surface area contributed by atoms with Crippen LogP contribution in [0.4, 0.5) is 19.0 Å². The zero-order valence-electron chi connectivity index (χ0n) is 10.1. The molecular formula is C12H15F3N2O. The predicted molar refractivity (Wildman–Crippen MR) is 60.9 cm³/mol. The Labute approximate surface area is 104 Å². The van der Waals surface area contributed by atoms with E-state index < -0.39 is 17.6 Å². The molecule has 1 atom stereocenters. The number of anilines is 1. The average Bonchev–Trinajstić information content (AvgIpc) is 2.34. The number of hydrogen-bond donors (Lipinski definition) is 0. The first-order valence-electron chi connectivity index (χ1n) is 5.87. The van der Waals surface area contributed by atoms with E-state index in [1.165, 1.54) is 0 Å². The third-order valence-electron chi connectivity index (χ3n) is 3.09. The molecule has 0 amide bonds. The summed E-state index contributed by atoms with van der Waals surface area (Å²) in [6.45, 7) is 1.71. The fourth-order valence-electron chi connectivity index (χ4n) is 2.29. The van der Waals surface area contributed by atoms with Crippen LogP contribution in [-0.4, -0.2) is 31.8 Å². The molecule has 2 rings (SSSR count). The molecule has 0 aliphatic carbocycles. The first kappa shape index (κ1) is 13.1. The van der Waals surface area contributed by atoms with Gasteiger partial charge in [-0.1, -0.05) is 0 Å². The maximum atomic E-state index is 13.6. The SMILES string of the molecule is COCC1CCCN(c2nc(F)c(F)cc2F)C1. The molecule has 0 spiro atoms. The Balaban J connectivity index is 2.18. The van der Waals surface area contributed by atoms with E-state index in [1.54, 1.807) is 12.0 Å². The number of hydrogen-bond acceptors (Lipinski definition) is 3. The lowest BCUT2D eigenvalue weighted by Gasteiger charge is -2.33. The maximum Gasteiger partial charge on any atom is 0.251 e. The van der Waals surface area contributed by atoms with Crippen molar-refractivity contribution in [2.24, 2.45) is 5.92 Å². The predicted octanol–water partition coefficient (Wildman–Crippen LogP) is 2.36. The van der Waals surface area contributed by atoms with Gasteiger partial charge in [-0.15, -0.1) is 0 Å². The molecule has 0 bridgehead atoms. The van der Waals surface area contributed by atoms with E-state index in [4.69, 9.17) is 4.74 Å². The van der Waals surface area contributed by atoms with E-state index in [9.17, 15) is 13.2 Å². The molecule has 100 valence electrons. The number of rotatable bonds is 3. The van der Waals surface area contributed by atoms with Gasteiger partial charge < -0.3 is 9.64 Å². The number of piperidine rings is 1. The van der Waals surface area contributed by atoms with Crippen molar-refractivity contribution in [3.63, 3.8) is 0 Å². The van der Waals surface area contributed by atoms with E-state index in [0.717, 1.165) is 12.8 Å². The standard InChI is InChI=1S/C12H15F3N2O/c1-18-7-8-3-2-4-17(6-8)12-10(14)5-9(13)11(15)16-12/h5,8H,2-4,6-7H2,1H3. The topological polar surface area (TPSA) is 25.4 Å². The normalized spacial score (nSPS) is 20.2. The number of pyridine rings is 1. The number of halogens is 3. The van der Waals surface area contributed by atoms with Gasteiger partial charge >= 0.3 is 0 Å². The number of methoxy groups -OCH3 is 1. The van der Waals surface area contributed by atoms with Crippen molar-refractivity contribution in [2.45, 2.75) is 12.8 Å². The number of nitrogens with zero attached hydrogens (tertiary/aromatic N) is 2. The van der Waals surface area contributed by atoms with Crippen LogP contribution in [0.5, 0.6) is 0 Å². The molecule has 1 aliphatic rings. The minimum Gasteiger partial charge on any atom is -0.384 e. The van der Waals surface area contributed by atoms with Gasteiger partial charge in [-0.2, -0.15) is 9.37 Å². The van der Waals surface area contributed by atoms with E-state index in [2.05, 4.69) is 4.98 Å². The van der Waals surface area contributed by atoms with Gasteiger partial charge in [0.15, 0.2) is 17.5 Å². The van der Waals surface area contributed by atoms with Gasteiger partial charge in [0.1, 0.15) is 0 Å². The summed E-state index contributed by atoms with van der Waals surface area (Å²) in [5.74, 6) is -3.21. The number of ether oxygens (including phenoxy) is 1. The molecule has 1 aromatic heterocycles. The monoisotopic (exact) mass is 260 g/mol. The van der Waals surface area contributed by atoms with Crippen LogP contribution in [0.25, 0.3) is 0 Å². The molecule has 0 radical (unpaired) electrons. The molecule has 1 unspecified atom stereocenters. The second-order valence-corrected chi connectivity index (χ2v) is 4.48. The number of aromatic nitrogens is 1. The summed E-state index contributed by atoms with van der Waals surface area (Å²) in [4.78, 5) is 5.00. The van der Waals surface area contributed by atoms with Crippen molar-refractivity contribution in [2.75, 3.05) is 31.7 Å². The van der Waals surface area contributed by atoms with E-state index in [1.807, 2.05) is 0 Å². The quantitative estimate of drug-likeness (QED) is 0.780. The zero-order chi connectivity index (χ0) is 13.1. The smallest absolute Gasteiger partial charge is 0.251 e. The van der Waals surface area contributed by atoms with Crippen LogP contribution in [0.1, 0.15) is 12.8 Å². The van der Waals surface area contributed by atoms with Crippen LogP contribution in [0, 0.1) is 23.5 Å². The van der Waals surface area contributed by atoms with Gasteiger partial charge in [0, 0.05) is 26.3 Å². The van der Waals surface area contributed by atoms with Crippen LogP contribution < -0.4 is 4.90 Å². The van der Waals surface area contributed by atoms with E-state index in [0.29, 0.717) is 25.8 Å². The van der Waals surface area contributed by atoms with Crippen LogP contribution in [0.2, 0.25) is 0 Å². The molecule has 1 saturated heterocycles. The average molecular weight is 260 g/mol. The van der Waals surface area contributed by atoms with Gasteiger partial charge in [0.25, 0.3) is 5.95 Å². The summed E-state index contributed by atoms with van der Waals surface area (Å²) < 4.78 is 44.5. The van der Waals surface area contributed by atoms with E-state index >= 15 is 0 Å². The maximum absolute atomic E-state index is 13.6. The molecule has 0 saturated carbocycles. The van der Waals surface area contributed by atoms with Crippen molar-refractivity contribution in [1.29, 1.82) is 0 Å². The Morgan fingerprint density at radius 2 is 2.17 bits per heavy atom. The minimum atomic E-state index is -1.26. The Morgan fingerprint density at radius 1 is 1.39 bits per heavy atom. The molecule has 0 aromatic carbocycles. The summed E-state index contributed by atoms with van der Waals surface area (Å²) >= 11 is 0. The first-order valence-corrected chi connectivity index (χ1v) is 5.87.